The summed E-state index contributed by atoms with van der Waals surface area (Å²) in [7, 11) is 0. The monoisotopic (exact) mass is 333 g/mol. The number of nitrogens with one attached hydrogen (secondary N) is 1. The van der Waals surface area contributed by atoms with Gasteiger partial charge in [0.2, 0.25) is 0 Å². The quantitative estimate of drug-likeness (QED) is 0.598. The fraction of sp³-hybridized carbons (Fsp3) is 0. The van der Waals surface area contributed by atoms with Crippen LogP contribution < -0.4 is 5.32 Å². The Morgan fingerprint density at radius 3 is 2.29 bits per heavy atom. The van der Waals surface area contributed by atoms with Gasteiger partial charge >= 0.3 is 0 Å². The first kappa shape index (κ1) is 14.5. The van der Waals surface area contributed by atoms with Gasteiger partial charge in [-0.25, -0.2) is 4.98 Å². The van der Waals surface area contributed by atoms with Gasteiger partial charge < -0.3 is 5.32 Å². The Hall–Kier alpha value is -3.05. The van der Waals surface area contributed by atoms with Crippen molar-refractivity contribution in [1.29, 1.82) is 0 Å². The predicted octanol–water partition coefficient (Wildman–Crippen LogP) is 4.48. The van der Waals surface area contributed by atoms with Crippen molar-refractivity contribution in [3.63, 3.8) is 0 Å². The molecule has 4 rings (SSSR count). The molecule has 0 aliphatic heterocycles. The Bertz CT molecular complexity index is 990. The van der Waals surface area contributed by atoms with Crippen LogP contribution in [0.4, 0.5) is 11.5 Å². The molecule has 0 fully saturated rings. The van der Waals surface area contributed by atoms with E-state index in [1.807, 2.05) is 66.7 Å². The second kappa shape index (κ2) is 6.22. The molecular formula is C18H12ClN5. The lowest BCUT2D eigenvalue weighted by atomic mass is 10.0. The van der Waals surface area contributed by atoms with Gasteiger partial charge in [-0.3, -0.25) is 0 Å². The van der Waals surface area contributed by atoms with E-state index in [1.54, 1.807) is 0 Å². The molecule has 0 aliphatic carbocycles. The van der Waals surface area contributed by atoms with E-state index in [9.17, 15) is 0 Å². The second-order valence-corrected chi connectivity index (χ2v) is 5.55. The number of anilines is 2. The van der Waals surface area contributed by atoms with Gasteiger partial charge in [-0.2, -0.15) is 0 Å². The number of hydrogen-bond donors (Lipinski definition) is 1. The molecule has 6 heteroatoms. The third kappa shape index (κ3) is 2.77. The number of fused-ring (bicyclic) bond motifs is 1. The van der Waals surface area contributed by atoms with Crippen molar-refractivity contribution in [2.24, 2.45) is 0 Å². The summed E-state index contributed by atoms with van der Waals surface area (Å²) in [4.78, 5) is 4.51. The Morgan fingerprint density at radius 2 is 1.54 bits per heavy atom. The second-order valence-electron chi connectivity index (χ2n) is 5.19. The van der Waals surface area contributed by atoms with Crippen LogP contribution in [-0.4, -0.2) is 20.4 Å². The highest BCUT2D eigenvalue weighted by atomic mass is 35.5. The fourth-order valence-electron chi connectivity index (χ4n) is 2.54. The molecule has 5 nitrogen and oxygen atoms in total. The maximum Gasteiger partial charge on any atom is 0.189 e. The molecule has 0 unspecified atom stereocenters. The molecule has 0 saturated heterocycles. The minimum absolute atomic E-state index is 0.289. The van der Waals surface area contributed by atoms with Crippen molar-refractivity contribution in [1.82, 2.24) is 20.4 Å². The van der Waals surface area contributed by atoms with E-state index in [0.29, 0.717) is 16.9 Å². The first-order chi connectivity index (χ1) is 11.8. The lowest BCUT2D eigenvalue weighted by Gasteiger charge is -2.11. The zero-order valence-corrected chi connectivity index (χ0v) is 13.3. The van der Waals surface area contributed by atoms with Crippen LogP contribution in [-0.2, 0) is 0 Å². The SMILES string of the molecule is Clc1nnnc2nc(Nc3ccccc3)cc(-c3ccccc3)c12. The molecule has 0 amide bonds. The van der Waals surface area contributed by atoms with E-state index < -0.39 is 0 Å². The maximum absolute atomic E-state index is 6.25. The number of para-hydroxylation sites is 1. The van der Waals surface area contributed by atoms with E-state index >= 15 is 0 Å². The number of benzene rings is 2. The van der Waals surface area contributed by atoms with Gasteiger partial charge in [-0.1, -0.05) is 60.1 Å². The summed E-state index contributed by atoms with van der Waals surface area (Å²) in [5.74, 6) is 0.670. The van der Waals surface area contributed by atoms with Crippen molar-refractivity contribution in [2.75, 3.05) is 5.32 Å². The molecule has 4 aromatic rings. The summed E-state index contributed by atoms with van der Waals surface area (Å²) in [6, 6.07) is 21.7. The highest BCUT2D eigenvalue weighted by Gasteiger charge is 2.13. The summed E-state index contributed by atoms with van der Waals surface area (Å²) in [5.41, 5.74) is 3.32. The summed E-state index contributed by atoms with van der Waals surface area (Å²) in [5, 5.41) is 15.8. The number of halogens is 1. The van der Waals surface area contributed by atoms with E-state index in [1.165, 1.54) is 0 Å². The van der Waals surface area contributed by atoms with E-state index in [-0.39, 0.29) is 5.15 Å². The number of hydrogen-bond acceptors (Lipinski definition) is 5. The molecule has 2 aromatic heterocycles. The van der Waals surface area contributed by atoms with Crippen LogP contribution in [0.25, 0.3) is 22.2 Å². The van der Waals surface area contributed by atoms with Gasteiger partial charge in [0.05, 0.1) is 5.39 Å². The van der Waals surface area contributed by atoms with Crippen LogP contribution in [0.15, 0.2) is 66.7 Å². The van der Waals surface area contributed by atoms with Crippen LogP contribution in [0, 0.1) is 0 Å². The predicted molar refractivity (Wildman–Crippen MR) is 95.3 cm³/mol. The first-order valence-corrected chi connectivity index (χ1v) is 7.76. The number of nitrogens with zero attached hydrogens (tertiary/aromatic N) is 4. The van der Waals surface area contributed by atoms with Gasteiger partial charge in [-0.15, -0.1) is 10.2 Å². The molecule has 0 atom stereocenters. The average Bonchev–Trinajstić information content (AvgIpc) is 2.63. The normalized spacial score (nSPS) is 10.7. The molecule has 0 aliphatic rings. The first-order valence-electron chi connectivity index (χ1n) is 7.38. The highest BCUT2D eigenvalue weighted by Crippen LogP contribution is 2.33. The van der Waals surface area contributed by atoms with Crippen LogP contribution in [0.3, 0.4) is 0 Å². The molecule has 116 valence electrons. The van der Waals surface area contributed by atoms with E-state index in [2.05, 4.69) is 25.7 Å². The third-order valence-electron chi connectivity index (χ3n) is 3.61. The Morgan fingerprint density at radius 1 is 0.833 bits per heavy atom. The summed E-state index contributed by atoms with van der Waals surface area (Å²) in [6.45, 7) is 0. The average molecular weight is 334 g/mol. The number of aromatic nitrogens is 4. The van der Waals surface area contributed by atoms with Gasteiger partial charge in [0, 0.05) is 5.69 Å². The lowest BCUT2D eigenvalue weighted by molar-refractivity contribution is 0.887. The largest absolute Gasteiger partial charge is 0.340 e. The van der Waals surface area contributed by atoms with Gasteiger partial charge in [0.25, 0.3) is 0 Å². The zero-order chi connectivity index (χ0) is 16.4. The van der Waals surface area contributed by atoms with E-state index in [0.717, 1.165) is 16.8 Å². The van der Waals surface area contributed by atoms with Crippen LogP contribution >= 0.6 is 11.6 Å². The van der Waals surface area contributed by atoms with E-state index in [4.69, 9.17) is 11.6 Å². The lowest BCUT2D eigenvalue weighted by Crippen LogP contribution is -1.99. The fourth-order valence-corrected chi connectivity index (χ4v) is 2.76. The zero-order valence-electron chi connectivity index (χ0n) is 12.5. The molecule has 2 heterocycles. The minimum atomic E-state index is 0.289. The van der Waals surface area contributed by atoms with Gasteiger partial charge in [0.15, 0.2) is 10.8 Å². The topological polar surface area (TPSA) is 63.6 Å². The third-order valence-corrected chi connectivity index (χ3v) is 3.87. The molecular weight excluding hydrogens is 322 g/mol. The van der Waals surface area contributed by atoms with Crippen molar-refractivity contribution in [3.8, 4) is 11.1 Å². The Kier molecular flexibility index (Phi) is 3.76. The molecule has 2 aromatic carbocycles. The van der Waals surface area contributed by atoms with Crippen molar-refractivity contribution in [3.05, 3.63) is 71.9 Å². The molecule has 0 radical (unpaired) electrons. The van der Waals surface area contributed by atoms with Crippen molar-refractivity contribution < 1.29 is 0 Å². The van der Waals surface area contributed by atoms with Crippen LogP contribution in [0.2, 0.25) is 5.15 Å². The standard InChI is InChI=1S/C18H12ClN5/c19-17-16-14(12-7-3-1-4-8-12)11-15(21-18(16)23-24-22-17)20-13-9-5-2-6-10-13/h1-11H,(H,20,21,22,23). The van der Waals surface area contributed by atoms with Gasteiger partial charge in [-0.05, 0) is 34.5 Å². The summed E-state index contributed by atoms with van der Waals surface area (Å²) >= 11 is 6.25. The molecule has 0 saturated carbocycles. The van der Waals surface area contributed by atoms with Crippen molar-refractivity contribution in [2.45, 2.75) is 0 Å². The highest BCUT2D eigenvalue weighted by molar-refractivity contribution is 6.35. The summed E-state index contributed by atoms with van der Waals surface area (Å²) in [6.07, 6.45) is 0. The van der Waals surface area contributed by atoms with Crippen LogP contribution in [0.5, 0.6) is 0 Å². The van der Waals surface area contributed by atoms with Crippen molar-refractivity contribution >= 4 is 34.1 Å². The molecule has 1 N–H and O–H groups in total. The number of rotatable bonds is 3. The van der Waals surface area contributed by atoms with Gasteiger partial charge in [0.1, 0.15) is 5.82 Å². The minimum Gasteiger partial charge on any atom is -0.340 e. The smallest absolute Gasteiger partial charge is 0.189 e. The molecule has 0 spiro atoms. The molecule has 24 heavy (non-hydrogen) atoms. The maximum atomic E-state index is 6.25. The molecule has 0 bridgehead atoms. The Labute approximate surface area is 143 Å². The summed E-state index contributed by atoms with van der Waals surface area (Å²) < 4.78 is 0. The van der Waals surface area contributed by atoms with Crippen LogP contribution in [0.1, 0.15) is 0 Å². The number of pyridine rings is 1. The Balaban J connectivity index is 1.91.